The Kier molecular flexibility index (Phi) is 1.97. The van der Waals surface area contributed by atoms with Crippen LogP contribution in [-0.2, 0) is 11.2 Å². The van der Waals surface area contributed by atoms with Crippen molar-refractivity contribution in [1.29, 1.82) is 0 Å². The number of carbonyl (C=O) groups is 1. The van der Waals surface area contributed by atoms with Gasteiger partial charge in [0.15, 0.2) is 0 Å². The minimum atomic E-state index is 0.0658. The van der Waals surface area contributed by atoms with E-state index in [2.05, 4.69) is 13.2 Å². The van der Waals surface area contributed by atoms with Gasteiger partial charge in [-0.2, -0.15) is 0 Å². The number of amides is 1. The second-order valence-electron chi connectivity index (χ2n) is 3.23. The van der Waals surface area contributed by atoms with Gasteiger partial charge in [0.05, 0.1) is 12.1 Å². The Hall–Kier alpha value is -1.83. The Labute approximate surface area is 83.2 Å². The smallest absolute Gasteiger partial charge is 0.236 e. The molecule has 2 heteroatoms. The van der Waals surface area contributed by atoms with Gasteiger partial charge >= 0.3 is 0 Å². The van der Waals surface area contributed by atoms with Crippen LogP contribution in [0.2, 0.25) is 0 Å². The van der Waals surface area contributed by atoms with Gasteiger partial charge in [-0.3, -0.25) is 9.69 Å². The molecule has 1 aliphatic heterocycles. The summed E-state index contributed by atoms with van der Waals surface area (Å²) in [6.45, 7) is 7.41. The number of para-hydroxylation sites is 1. The molecule has 0 N–H and O–H groups in total. The molecule has 0 saturated heterocycles. The maximum Gasteiger partial charge on any atom is 0.236 e. The molecule has 0 spiro atoms. The molecule has 1 heterocycles. The zero-order chi connectivity index (χ0) is 10.1. The molecule has 70 valence electrons. The first kappa shape index (κ1) is 8.75. The highest BCUT2D eigenvalue weighted by Gasteiger charge is 2.27. The van der Waals surface area contributed by atoms with Crippen LogP contribution < -0.4 is 4.90 Å². The fraction of sp³-hybridized carbons (Fsp3) is 0.0833. The standard InChI is InChI=1S/C12H11NO/c1-3-9(2)13-11-7-5-4-6-10(11)8-12(13)14/h3-7H,1-2,8H2. The van der Waals surface area contributed by atoms with Crippen LogP contribution in [0.4, 0.5) is 5.69 Å². The summed E-state index contributed by atoms with van der Waals surface area (Å²) in [4.78, 5) is 13.3. The molecular weight excluding hydrogens is 174 g/mol. The Morgan fingerprint density at radius 2 is 2.14 bits per heavy atom. The molecule has 2 nitrogen and oxygen atoms in total. The molecule has 1 aromatic carbocycles. The van der Waals surface area contributed by atoms with Gasteiger partial charge in [0.25, 0.3) is 0 Å². The van der Waals surface area contributed by atoms with Crippen LogP contribution in [0.15, 0.2) is 49.2 Å². The number of hydrogen-bond acceptors (Lipinski definition) is 1. The molecule has 0 unspecified atom stereocenters. The van der Waals surface area contributed by atoms with E-state index in [-0.39, 0.29) is 5.91 Å². The molecule has 0 aromatic heterocycles. The van der Waals surface area contributed by atoms with Crippen LogP contribution >= 0.6 is 0 Å². The predicted octanol–water partition coefficient (Wildman–Crippen LogP) is 2.28. The van der Waals surface area contributed by atoms with Crippen molar-refractivity contribution in [2.45, 2.75) is 6.42 Å². The Morgan fingerprint density at radius 1 is 1.43 bits per heavy atom. The lowest BCUT2D eigenvalue weighted by Gasteiger charge is -2.16. The third-order valence-electron chi connectivity index (χ3n) is 2.35. The first-order chi connectivity index (χ1) is 6.74. The van der Waals surface area contributed by atoms with E-state index in [1.54, 1.807) is 11.0 Å². The topological polar surface area (TPSA) is 20.3 Å². The molecule has 0 fully saturated rings. The average Bonchev–Trinajstić information content (AvgIpc) is 2.53. The number of hydrogen-bond donors (Lipinski definition) is 0. The highest BCUT2D eigenvalue weighted by atomic mass is 16.2. The molecule has 1 aromatic rings. The van der Waals surface area contributed by atoms with E-state index in [4.69, 9.17) is 0 Å². The SMILES string of the molecule is C=CC(=C)N1C(=O)Cc2ccccc21. The van der Waals surface area contributed by atoms with Crippen LogP contribution in [-0.4, -0.2) is 5.91 Å². The van der Waals surface area contributed by atoms with Crippen molar-refractivity contribution in [3.05, 3.63) is 54.8 Å². The zero-order valence-electron chi connectivity index (χ0n) is 7.86. The maximum atomic E-state index is 11.6. The molecule has 0 saturated carbocycles. The van der Waals surface area contributed by atoms with Crippen LogP contribution in [0, 0.1) is 0 Å². The number of allylic oxidation sites excluding steroid dienone is 1. The normalized spacial score (nSPS) is 14.0. The molecule has 2 rings (SSSR count). The summed E-state index contributed by atoms with van der Waals surface area (Å²) < 4.78 is 0. The van der Waals surface area contributed by atoms with Gasteiger partial charge < -0.3 is 0 Å². The molecule has 14 heavy (non-hydrogen) atoms. The van der Waals surface area contributed by atoms with E-state index >= 15 is 0 Å². The number of anilines is 1. The van der Waals surface area contributed by atoms with Gasteiger partial charge in [-0.05, 0) is 17.7 Å². The lowest BCUT2D eigenvalue weighted by atomic mass is 10.2. The van der Waals surface area contributed by atoms with Crippen molar-refractivity contribution < 1.29 is 4.79 Å². The Balaban J connectivity index is 2.49. The number of rotatable bonds is 2. The third kappa shape index (κ3) is 1.16. The lowest BCUT2D eigenvalue weighted by Crippen LogP contribution is -2.24. The fourth-order valence-corrected chi connectivity index (χ4v) is 1.66. The summed E-state index contributed by atoms with van der Waals surface area (Å²) in [6, 6.07) is 7.74. The fourth-order valence-electron chi connectivity index (χ4n) is 1.66. The van der Waals surface area contributed by atoms with Crippen molar-refractivity contribution in [3.8, 4) is 0 Å². The largest absolute Gasteiger partial charge is 0.281 e. The van der Waals surface area contributed by atoms with Crippen LogP contribution in [0.1, 0.15) is 5.56 Å². The van der Waals surface area contributed by atoms with Gasteiger partial charge in [0.1, 0.15) is 0 Å². The zero-order valence-corrected chi connectivity index (χ0v) is 7.86. The second kappa shape index (κ2) is 3.14. The van der Waals surface area contributed by atoms with E-state index < -0.39 is 0 Å². The summed E-state index contributed by atoms with van der Waals surface area (Å²) in [5, 5.41) is 0. The van der Waals surface area contributed by atoms with Gasteiger partial charge in [-0.15, -0.1) is 0 Å². The predicted molar refractivity (Wildman–Crippen MR) is 57.0 cm³/mol. The third-order valence-corrected chi connectivity index (χ3v) is 2.35. The summed E-state index contributed by atoms with van der Waals surface area (Å²) >= 11 is 0. The molecule has 0 aliphatic carbocycles. The number of carbonyl (C=O) groups excluding carboxylic acids is 1. The number of nitrogens with zero attached hydrogens (tertiary/aromatic N) is 1. The second-order valence-corrected chi connectivity index (χ2v) is 3.23. The van der Waals surface area contributed by atoms with Crippen molar-refractivity contribution in [3.63, 3.8) is 0 Å². The first-order valence-electron chi connectivity index (χ1n) is 4.46. The van der Waals surface area contributed by atoms with Crippen molar-refractivity contribution >= 4 is 11.6 Å². The van der Waals surface area contributed by atoms with E-state index in [0.717, 1.165) is 11.3 Å². The quantitative estimate of drug-likeness (QED) is 0.647. The average molecular weight is 185 g/mol. The molecule has 0 bridgehead atoms. The Morgan fingerprint density at radius 3 is 2.86 bits per heavy atom. The lowest BCUT2D eigenvalue weighted by molar-refractivity contribution is -0.116. The van der Waals surface area contributed by atoms with Crippen LogP contribution in [0.5, 0.6) is 0 Å². The maximum absolute atomic E-state index is 11.6. The van der Waals surface area contributed by atoms with Gasteiger partial charge in [0, 0.05) is 5.70 Å². The van der Waals surface area contributed by atoms with E-state index in [1.165, 1.54) is 0 Å². The van der Waals surface area contributed by atoms with Gasteiger partial charge in [0.2, 0.25) is 5.91 Å². The van der Waals surface area contributed by atoms with Crippen LogP contribution in [0.25, 0.3) is 0 Å². The van der Waals surface area contributed by atoms with Gasteiger partial charge in [-0.1, -0.05) is 31.4 Å². The minimum Gasteiger partial charge on any atom is -0.281 e. The monoisotopic (exact) mass is 185 g/mol. The summed E-state index contributed by atoms with van der Waals surface area (Å²) in [7, 11) is 0. The van der Waals surface area contributed by atoms with Crippen LogP contribution in [0.3, 0.4) is 0 Å². The van der Waals surface area contributed by atoms with Gasteiger partial charge in [-0.25, -0.2) is 0 Å². The first-order valence-corrected chi connectivity index (χ1v) is 4.46. The minimum absolute atomic E-state index is 0.0658. The highest BCUT2D eigenvalue weighted by Crippen LogP contribution is 2.31. The number of fused-ring (bicyclic) bond motifs is 1. The van der Waals surface area contributed by atoms with Crippen molar-refractivity contribution in [2.24, 2.45) is 0 Å². The Bertz CT molecular complexity index is 420. The molecule has 1 aliphatic rings. The molecular formula is C12H11NO. The summed E-state index contributed by atoms with van der Waals surface area (Å²) in [5.41, 5.74) is 2.63. The molecule has 0 radical (unpaired) electrons. The summed E-state index contributed by atoms with van der Waals surface area (Å²) in [6.07, 6.45) is 2.06. The van der Waals surface area contributed by atoms with E-state index in [9.17, 15) is 4.79 Å². The van der Waals surface area contributed by atoms with Crippen molar-refractivity contribution in [1.82, 2.24) is 0 Å². The highest BCUT2D eigenvalue weighted by molar-refractivity contribution is 6.04. The van der Waals surface area contributed by atoms with Crippen molar-refractivity contribution in [2.75, 3.05) is 4.90 Å². The molecule has 1 amide bonds. The van der Waals surface area contributed by atoms with E-state index in [1.807, 2.05) is 24.3 Å². The summed E-state index contributed by atoms with van der Waals surface area (Å²) in [5.74, 6) is 0.0658. The number of benzene rings is 1. The molecule has 0 atom stereocenters. The van der Waals surface area contributed by atoms with E-state index in [0.29, 0.717) is 12.1 Å².